The van der Waals surface area contributed by atoms with Crippen LogP contribution in [0, 0.1) is 15.9 Å². The average molecular weight is 267 g/mol. The molecule has 6 nitrogen and oxygen atoms in total. The highest BCUT2D eigenvalue weighted by Crippen LogP contribution is 2.22. The fraction of sp³-hybridized carbons (Fsp3) is 0.417. The summed E-state index contributed by atoms with van der Waals surface area (Å²) in [4.78, 5) is 11.9. The molecule has 1 N–H and O–H groups in total. The molecule has 1 fully saturated rings. The number of likely N-dealkylation sites (tertiary alicyclic amines) is 1. The van der Waals surface area contributed by atoms with Crippen molar-refractivity contribution >= 4 is 11.4 Å². The van der Waals surface area contributed by atoms with E-state index in [1.807, 2.05) is 4.90 Å². The molecule has 102 valence electrons. The lowest BCUT2D eigenvalue weighted by molar-refractivity contribution is -0.387. The van der Waals surface area contributed by atoms with Crippen molar-refractivity contribution in [3.05, 3.63) is 39.7 Å². The summed E-state index contributed by atoms with van der Waals surface area (Å²) in [5, 5.41) is 22.5. The third kappa shape index (κ3) is 3.05. The van der Waals surface area contributed by atoms with Crippen molar-refractivity contribution in [2.75, 3.05) is 13.1 Å². The van der Waals surface area contributed by atoms with Gasteiger partial charge in [-0.05, 0) is 0 Å². The summed E-state index contributed by atoms with van der Waals surface area (Å²) in [5.74, 6) is -0.769. The lowest BCUT2D eigenvalue weighted by Crippen LogP contribution is -2.33. The largest absolute Gasteiger partial charge is 0.411 e. The van der Waals surface area contributed by atoms with Gasteiger partial charge >= 0.3 is 5.69 Å². The van der Waals surface area contributed by atoms with Gasteiger partial charge in [0.2, 0.25) is 5.82 Å². The second-order valence-corrected chi connectivity index (χ2v) is 4.45. The van der Waals surface area contributed by atoms with E-state index in [1.165, 1.54) is 6.07 Å². The Kier molecular flexibility index (Phi) is 4.06. The molecule has 0 saturated carbocycles. The van der Waals surface area contributed by atoms with Crippen LogP contribution in [0.15, 0.2) is 23.4 Å². The van der Waals surface area contributed by atoms with E-state index in [9.17, 15) is 14.5 Å². The fourth-order valence-electron chi connectivity index (χ4n) is 2.14. The number of halogens is 1. The number of nitro groups is 1. The van der Waals surface area contributed by atoms with Crippen LogP contribution in [0.5, 0.6) is 0 Å². The van der Waals surface area contributed by atoms with Crippen LogP contribution in [0.3, 0.4) is 0 Å². The Morgan fingerprint density at radius 2 is 2.11 bits per heavy atom. The average Bonchev–Trinajstić information content (AvgIpc) is 2.41. The molecule has 0 aliphatic carbocycles. The van der Waals surface area contributed by atoms with Gasteiger partial charge in [-0.25, -0.2) is 0 Å². The Bertz CT molecular complexity index is 509. The third-order valence-electron chi connectivity index (χ3n) is 3.22. The van der Waals surface area contributed by atoms with E-state index >= 15 is 0 Å². The Morgan fingerprint density at radius 1 is 1.42 bits per heavy atom. The Labute approximate surface area is 109 Å². The molecule has 0 unspecified atom stereocenters. The first-order valence-corrected chi connectivity index (χ1v) is 5.95. The number of piperidine rings is 1. The summed E-state index contributed by atoms with van der Waals surface area (Å²) < 4.78 is 13.9. The molecule has 1 saturated heterocycles. The van der Waals surface area contributed by atoms with Crippen LogP contribution in [0.2, 0.25) is 0 Å². The number of benzene rings is 1. The Hall–Kier alpha value is -2.02. The van der Waals surface area contributed by atoms with Crippen molar-refractivity contribution < 1.29 is 14.5 Å². The summed E-state index contributed by atoms with van der Waals surface area (Å²) in [6.45, 7) is 1.63. The first-order valence-electron chi connectivity index (χ1n) is 5.95. The van der Waals surface area contributed by atoms with Gasteiger partial charge in [-0.2, -0.15) is 4.39 Å². The zero-order valence-electron chi connectivity index (χ0n) is 10.3. The van der Waals surface area contributed by atoms with Gasteiger partial charge in [0, 0.05) is 44.1 Å². The van der Waals surface area contributed by atoms with Gasteiger partial charge in [-0.15, -0.1) is 0 Å². The zero-order chi connectivity index (χ0) is 13.8. The number of rotatable bonds is 3. The van der Waals surface area contributed by atoms with E-state index in [-0.39, 0.29) is 0 Å². The van der Waals surface area contributed by atoms with E-state index < -0.39 is 16.4 Å². The van der Waals surface area contributed by atoms with Crippen molar-refractivity contribution in [2.45, 2.75) is 19.4 Å². The molecule has 1 aliphatic rings. The second-order valence-electron chi connectivity index (χ2n) is 4.45. The van der Waals surface area contributed by atoms with E-state index in [0.29, 0.717) is 38.0 Å². The maximum atomic E-state index is 13.9. The number of nitrogens with zero attached hydrogens (tertiary/aromatic N) is 3. The molecule has 7 heteroatoms. The van der Waals surface area contributed by atoms with Crippen LogP contribution in [0.4, 0.5) is 10.1 Å². The molecular weight excluding hydrogens is 253 g/mol. The smallest absolute Gasteiger partial charge is 0.305 e. The molecule has 1 aromatic rings. The number of hydrogen-bond donors (Lipinski definition) is 1. The fourth-order valence-corrected chi connectivity index (χ4v) is 2.14. The molecule has 19 heavy (non-hydrogen) atoms. The van der Waals surface area contributed by atoms with Crippen molar-refractivity contribution in [3.63, 3.8) is 0 Å². The molecule has 0 aromatic heterocycles. The van der Waals surface area contributed by atoms with Crippen molar-refractivity contribution in [2.24, 2.45) is 5.16 Å². The summed E-state index contributed by atoms with van der Waals surface area (Å²) in [7, 11) is 0. The second kappa shape index (κ2) is 5.75. The number of nitro benzene ring substituents is 1. The third-order valence-corrected chi connectivity index (χ3v) is 3.22. The predicted molar refractivity (Wildman–Crippen MR) is 66.8 cm³/mol. The zero-order valence-corrected chi connectivity index (χ0v) is 10.3. The molecule has 1 heterocycles. The molecule has 2 rings (SSSR count). The van der Waals surface area contributed by atoms with Crippen LogP contribution in [-0.2, 0) is 6.54 Å². The first kappa shape index (κ1) is 13.4. The minimum atomic E-state index is -0.769. The summed E-state index contributed by atoms with van der Waals surface area (Å²) in [6, 6.07) is 4.20. The van der Waals surface area contributed by atoms with Crippen LogP contribution in [0.25, 0.3) is 0 Å². The van der Waals surface area contributed by atoms with Crippen LogP contribution >= 0.6 is 0 Å². The summed E-state index contributed by atoms with van der Waals surface area (Å²) in [5.41, 5.74) is 0.557. The predicted octanol–water partition coefficient (Wildman–Crippen LogP) is 2.16. The molecule has 0 atom stereocenters. The highest BCUT2D eigenvalue weighted by Gasteiger charge is 2.21. The van der Waals surface area contributed by atoms with Crippen molar-refractivity contribution in [1.29, 1.82) is 0 Å². The molecule has 0 bridgehead atoms. The molecule has 1 aliphatic heterocycles. The van der Waals surface area contributed by atoms with Crippen molar-refractivity contribution in [3.8, 4) is 0 Å². The van der Waals surface area contributed by atoms with Gasteiger partial charge in [-0.3, -0.25) is 15.0 Å². The highest BCUT2D eigenvalue weighted by atomic mass is 19.1. The minimum absolute atomic E-state index is 0.318. The lowest BCUT2D eigenvalue weighted by atomic mass is 10.1. The van der Waals surface area contributed by atoms with Gasteiger partial charge in [-0.1, -0.05) is 17.3 Å². The normalized spacial score (nSPS) is 16.4. The molecular formula is C12H14FN3O3. The number of hydrogen-bond acceptors (Lipinski definition) is 5. The van der Waals surface area contributed by atoms with Crippen LogP contribution in [0.1, 0.15) is 18.4 Å². The van der Waals surface area contributed by atoms with Gasteiger partial charge in [0.05, 0.1) is 10.6 Å². The standard InChI is InChI=1S/C12H14FN3O3/c13-12-9(2-1-3-11(12)16(18)19)8-15-6-4-10(14-17)5-7-15/h1-3,17H,4-8H2. The van der Waals surface area contributed by atoms with Crippen molar-refractivity contribution in [1.82, 2.24) is 4.90 Å². The SMILES string of the molecule is O=[N+]([O-])c1cccc(CN2CCC(=NO)CC2)c1F. The van der Waals surface area contributed by atoms with E-state index in [0.717, 1.165) is 11.8 Å². The summed E-state index contributed by atoms with van der Waals surface area (Å²) in [6.07, 6.45) is 1.26. The highest BCUT2D eigenvalue weighted by molar-refractivity contribution is 5.84. The first-order chi connectivity index (χ1) is 9.11. The van der Waals surface area contributed by atoms with Gasteiger partial charge in [0.1, 0.15) is 0 Å². The maximum absolute atomic E-state index is 13.9. The maximum Gasteiger partial charge on any atom is 0.305 e. The number of oxime groups is 1. The molecule has 1 aromatic carbocycles. The summed E-state index contributed by atoms with van der Waals surface area (Å²) >= 11 is 0. The Balaban J connectivity index is 2.08. The van der Waals surface area contributed by atoms with Gasteiger partial charge < -0.3 is 5.21 Å². The minimum Gasteiger partial charge on any atom is -0.411 e. The van der Waals surface area contributed by atoms with E-state index in [4.69, 9.17) is 5.21 Å². The molecule has 0 amide bonds. The van der Waals surface area contributed by atoms with E-state index in [1.54, 1.807) is 6.07 Å². The van der Waals surface area contributed by atoms with Gasteiger partial charge in [0.15, 0.2) is 0 Å². The monoisotopic (exact) mass is 267 g/mol. The topological polar surface area (TPSA) is 79.0 Å². The Morgan fingerprint density at radius 3 is 2.68 bits per heavy atom. The van der Waals surface area contributed by atoms with Gasteiger partial charge in [0.25, 0.3) is 0 Å². The molecule has 0 radical (unpaired) electrons. The lowest BCUT2D eigenvalue weighted by Gasteiger charge is -2.26. The van der Waals surface area contributed by atoms with E-state index in [2.05, 4.69) is 5.16 Å². The quantitative estimate of drug-likeness (QED) is 0.517. The van der Waals surface area contributed by atoms with Crippen LogP contribution in [-0.4, -0.2) is 33.8 Å². The van der Waals surface area contributed by atoms with Crippen LogP contribution < -0.4 is 0 Å². The molecule has 0 spiro atoms.